The lowest BCUT2D eigenvalue weighted by molar-refractivity contribution is 0.474. The van der Waals surface area contributed by atoms with Gasteiger partial charge in [0.25, 0.3) is 0 Å². The van der Waals surface area contributed by atoms with Crippen molar-refractivity contribution in [1.82, 2.24) is 4.98 Å². The third-order valence-corrected chi connectivity index (χ3v) is 3.92. The van der Waals surface area contributed by atoms with Crippen LogP contribution < -0.4 is 0 Å². The number of rotatable bonds is 8. The van der Waals surface area contributed by atoms with Crippen LogP contribution in [0.5, 0.6) is 0 Å². The third-order valence-electron chi connectivity index (χ3n) is 3.92. The van der Waals surface area contributed by atoms with Gasteiger partial charge in [-0.15, -0.1) is 0 Å². The Labute approximate surface area is 125 Å². The minimum atomic E-state index is 0.573. The lowest BCUT2D eigenvalue weighted by Gasteiger charge is -2.19. The van der Waals surface area contributed by atoms with Crippen LogP contribution in [0.15, 0.2) is 24.3 Å². The van der Waals surface area contributed by atoms with Gasteiger partial charge < -0.3 is 0 Å². The van der Waals surface area contributed by atoms with E-state index >= 15 is 0 Å². The van der Waals surface area contributed by atoms with Crippen molar-refractivity contribution in [1.29, 1.82) is 0 Å². The molecule has 0 amide bonds. The minimum Gasteiger partial charge on any atom is -0.253 e. The highest BCUT2D eigenvalue weighted by atomic mass is 14.7. The SMILES string of the molecule is CCCC=C(CCC)c1cccc(C(CC)C(C)C)n1. The van der Waals surface area contributed by atoms with Crippen LogP contribution in [-0.4, -0.2) is 4.98 Å². The topological polar surface area (TPSA) is 12.9 Å². The second kappa shape index (κ2) is 8.94. The van der Waals surface area contributed by atoms with Gasteiger partial charge in [0, 0.05) is 11.6 Å². The Kier molecular flexibility index (Phi) is 7.58. The van der Waals surface area contributed by atoms with Gasteiger partial charge in [-0.1, -0.05) is 59.6 Å². The molecule has 1 aromatic rings. The van der Waals surface area contributed by atoms with E-state index in [-0.39, 0.29) is 0 Å². The van der Waals surface area contributed by atoms with Gasteiger partial charge in [0.1, 0.15) is 0 Å². The summed E-state index contributed by atoms with van der Waals surface area (Å²) in [5.41, 5.74) is 3.88. The number of aromatic nitrogens is 1. The Morgan fingerprint density at radius 1 is 1.15 bits per heavy atom. The van der Waals surface area contributed by atoms with E-state index in [0.717, 1.165) is 19.3 Å². The van der Waals surface area contributed by atoms with Gasteiger partial charge in [-0.05, 0) is 42.9 Å². The smallest absolute Gasteiger partial charge is 0.0661 e. The molecule has 0 fully saturated rings. The van der Waals surface area contributed by atoms with E-state index in [0.29, 0.717) is 11.8 Å². The lowest BCUT2D eigenvalue weighted by atomic mass is 9.89. The Balaban J connectivity index is 3.06. The molecule has 0 bridgehead atoms. The highest BCUT2D eigenvalue weighted by Gasteiger charge is 2.15. The van der Waals surface area contributed by atoms with Crippen LogP contribution in [0.3, 0.4) is 0 Å². The van der Waals surface area contributed by atoms with Gasteiger partial charge in [-0.2, -0.15) is 0 Å². The van der Waals surface area contributed by atoms with Gasteiger partial charge in [0.15, 0.2) is 0 Å². The first-order chi connectivity index (χ1) is 9.63. The molecule has 20 heavy (non-hydrogen) atoms. The fourth-order valence-electron chi connectivity index (χ4n) is 2.78. The van der Waals surface area contributed by atoms with Crippen LogP contribution >= 0.6 is 0 Å². The molecular weight excluding hydrogens is 242 g/mol. The van der Waals surface area contributed by atoms with Gasteiger partial charge in [0.05, 0.1) is 5.69 Å². The monoisotopic (exact) mass is 273 g/mol. The predicted molar refractivity (Wildman–Crippen MR) is 89.9 cm³/mol. The molecule has 1 aromatic heterocycles. The van der Waals surface area contributed by atoms with Crippen LogP contribution in [0.1, 0.15) is 84.0 Å². The zero-order chi connectivity index (χ0) is 15.0. The maximum Gasteiger partial charge on any atom is 0.0661 e. The highest BCUT2D eigenvalue weighted by Crippen LogP contribution is 2.28. The fraction of sp³-hybridized carbons (Fsp3) is 0.632. The van der Waals surface area contributed by atoms with Gasteiger partial charge in [0.2, 0.25) is 0 Å². The average molecular weight is 273 g/mol. The number of unbranched alkanes of at least 4 members (excludes halogenated alkanes) is 1. The van der Waals surface area contributed by atoms with Gasteiger partial charge >= 0.3 is 0 Å². The third kappa shape index (κ3) is 4.77. The quantitative estimate of drug-likeness (QED) is 0.548. The van der Waals surface area contributed by atoms with Crippen molar-refractivity contribution >= 4 is 5.57 Å². The molecule has 1 nitrogen and oxygen atoms in total. The predicted octanol–water partition coefficient (Wildman–Crippen LogP) is 6.21. The minimum absolute atomic E-state index is 0.573. The zero-order valence-corrected chi connectivity index (χ0v) is 13.9. The Hall–Kier alpha value is -1.11. The van der Waals surface area contributed by atoms with Crippen LogP contribution in [0.25, 0.3) is 5.57 Å². The normalized spacial score (nSPS) is 13.8. The summed E-state index contributed by atoms with van der Waals surface area (Å²) in [5, 5.41) is 0. The molecule has 1 unspecified atom stereocenters. The Morgan fingerprint density at radius 3 is 2.45 bits per heavy atom. The standard InChI is InChI=1S/C19H31N/c1-6-9-12-16(11-7-2)18-13-10-14-19(20-18)17(8-3)15(4)5/h10,12-15,17H,6-9,11H2,1-5H3. The van der Waals surface area contributed by atoms with Crippen molar-refractivity contribution in [2.75, 3.05) is 0 Å². The van der Waals surface area contributed by atoms with Crippen molar-refractivity contribution in [3.05, 3.63) is 35.7 Å². The summed E-state index contributed by atoms with van der Waals surface area (Å²) < 4.78 is 0. The molecule has 0 saturated carbocycles. The lowest BCUT2D eigenvalue weighted by Crippen LogP contribution is -2.08. The number of nitrogens with zero attached hydrogens (tertiary/aromatic N) is 1. The molecule has 0 aliphatic rings. The number of hydrogen-bond donors (Lipinski definition) is 0. The molecule has 1 atom stereocenters. The molecule has 0 N–H and O–H groups in total. The van der Waals surface area contributed by atoms with Crippen LogP contribution in [0.4, 0.5) is 0 Å². The van der Waals surface area contributed by atoms with E-state index in [2.05, 4.69) is 58.9 Å². The second-order valence-corrected chi connectivity index (χ2v) is 5.97. The van der Waals surface area contributed by atoms with E-state index in [4.69, 9.17) is 4.98 Å². The zero-order valence-electron chi connectivity index (χ0n) is 13.9. The Morgan fingerprint density at radius 2 is 1.90 bits per heavy atom. The summed E-state index contributed by atoms with van der Waals surface area (Å²) in [6.07, 6.45) is 8.22. The molecule has 0 aromatic carbocycles. The largest absolute Gasteiger partial charge is 0.253 e. The molecular formula is C19H31N. The summed E-state index contributed by atoms with van der Waals surface area (Å²) in [5.74, 6) is 1.22. The molecule has 112 valence electrons. The summed E-state index contributed by atoms with van der Waals surface area (Å²) in [6.45, 7) is 11.3. The van der Waals surface area contributed by atoms with E-state index in [1.807, 2.05) is 0 Å². The van der Waals surface area contributed by atoms with Gasteiger partial charge in [-0.25, -0.2) is 0 Å². The molecule has 0 radical (unpaired) electrons. The first-order valence-electron chi connectivity index (χ1n) is 8.30. The molecule has 1 rings (SSSR count). The van der Waals surface area contributed by atoms with Crippen molar-refractivity contribution < 1.29 is 0 Å². The fourth-order valence-corrected chi connectivity index (χ4v) is 2.78. The van der Waals surface area contributed by atoms with E-state index < -0.39 is 0 Å². The first kappa shape index (κ1) is 16.9. The molecule has 0 aliphatic heterocycles. The van der Waals surface area contributed by atoms with Crippen molar-refractivity contribution in [2.45, 2.75) is 72.6 Å². The molecule has 1 heterocycles. The maximum absolute atomic E-state index is 4.97. The summed E-state index contributed by atoms with van der Waals surface area (Å²) in [6, 6.07) is 6.55. The maximum atomic E-state index is 4.97. The summed E-state index contributed by atoms with van der Waals surface area (Å²) in [7, 11) is 0. The molecule has 0 spiro atoms. The average Bonchev–Trinajstić information content (AvgIpc) is 2.44. The van der Waals surface area contributed by atoms with Crippen LogP contribution in [0, 0.1) is 5.92 Å². The van der Waals surface area contributed by atoms with E-state index in [9.17, 15) is 0 Å². The van der Waals surface area contributed by atoms with Crippen molar-refractivity contribution in [3.8, 4) is 0 Å². The van der Waals surface area contributed by atoms with Gasteiger partial charge in [-0.3, -0.25) is 4.98 Å². The second-order valence-electron chi connectivity index (χ2n) is 5.97. The Bertz CT molecular complexity index is 418. The van der Waals surface area contributed by atoms with E-state index in [1.165, 1.54) is 29.8 Å². The van der Waals surface area contributed by atoms with Crippen molar-refractivity contribution in [3.63, 3.8) is 0 Å². The van der Waals surface area contributed by atoms with Crippen LogP contribution in [-0.2, 0) is 0 Å². The first-order valence-corrected chi connectivity index (χ1v) is 8.30. The number of pyridine rings is 1. The molecule has 1 heteroatoms. The molecule has 0 saturated heterocycles. The number of hydrogen-bond acceptors (Lipinski definition) is 1. The van der Waals surface area contributed by atoms with Crippen molar-refractivity contribution in [2.24, 2.45) is 5.92 Å². The summed E-state index contributed by atoms with van der Waals surface area (Å²) in [4.78, 5) is 4.97. The summed E-state index contributed by atoms with van der Waals surface area (Å²) >= 11 is 0. The highest BCUT2D eigenvalue weighted by molar-refractivity contribution is 5.62. The van der Waals surface area contributed by atoms with Crippen LogP contribution in [0.2, 0.25) is 0 Å². The van der Waals surface area contributed by atoms with E-state index in [1.54, 1.807) is 0 Å². The molecule has 0 aliphatic carbocycles. The number of allylic oxidation sites excluding steroid dienone is 2.